The number of ether oxygens (including phenoxy) is 1. The van der Waals surface area contributed by atoms with E-state index in [1.54, 1.807) is 12.0 Å². The molecule has 0 saturated carbocycles. The van der Waals surface area contributed by atoms with Gasteiger partial charge < -0.3 is 19.6 Å². The van der Waals surface area contributed by atoms with Crippen LogP contribution in [0.5, 0.6) is 5.75 Å². The van der Waals surface area contributed by atoms with Gasteiger partial charge >= 0.3 is 0 Å². The van der Waals surface area contributed by atoms with Gasteiger partial charge in [-0.25, -0.2) is 9.67 Å². The van der Waals surface area contributed by atoms with Crippen LogP contribution < -0.4 is 9.64 Å². The Kier molecular flexibility index (Phi) is 5.94. The average molecular weight is 407 g/mol. The Hall–Kier alpha value is -3.39. The summed E-state index contributed by atoms with van der Waals surface area (Å²) in [6.07, 6.45) is 0.788. The van der Waals surface area contributed by atoms with Crippen LogP contribution in [0.15, 0.2) is 60.9 Å². The Labute approximate surface area is 175 Å². The molecular formula is C22H25N5O3. The molecule has 1 aliphatic heterocycles. The van der Waals surface area contributed by atoms with Crippen molar-refractivity contribution >= 4 is 11.6 Å². The van der Waals surface area contributed by atoms with Gasteiger partial charge in [-0.1, -0.05) is 30.3 Å². The predicted molar refractivity (Wildman–Crippen MR) is 113 cm³/mol. The fraction of sp³-hybridized carbons (Fsp3) is 0.318. The van der Waals surface area contributed by atoms with E-state index in [2.05, 4.69) is 15.0 Å². The van der Waals surface area contributed by atoms with Gasteiger partial charge in [0.05, 0.1) is 19.8 Å². The quantitative estimate of drug-likeness (QED) is 0.673. The van der Waals surface area contributed by atoms with Crippen molar-refractivity contribution in [3.05, 3.63) is 72.3 Å². The second-order valence-corrected chi connectivity index (χ2v) is 7.19. The van der Waals surface area contributed by atoms with E-state index in [0.29, 0.717) is 13.1 Å². The first-order chi connectivity index (χ1) is 14.6. The van der Waals surface area contributed by atoms with Gasteiger partial charge in [-0.2, -0.15) is 0 Å². The summed E-state index contributed by atoms with van der Waals surface area (Å²) in [4.78, 5) is 21.0. The number of hydrogen-bond acceptors (Lipinski definition) is 6. The molecule has 30 heavy (non-hydrogen) atoms. The molecule has 1 atom stereocenters. The summed E-state index contributed by atoms with van der Waals surface area (Å²) < 4.78 is 6.71. The van der Waals surface area contributed by atoms with Gasteiger partial charge in [-0.05, 0) is 29.8 Å². The minimum Gasteiger partial charge on any atom is -0.497 e. The third kappa shape index (κ3) is 4.44. The molecular weight excluding hydrogens is 382 g/mol. The van der Waals surface area contributed by atoms with Crippen molar-refractivity contribution in [1.29, 1.82) is 0 Å². The van der Waals surface area contributed by atoms with E-state index in [1.165, 1.54) is 11.0 Å². The van der Waals surface area contributed by atoms with Crippen molar-refractivity contribution in [3.63, 3.8) is 0 Å². The van der Waals surface area contributed by atoms with Gasteiger partial charge in [-0.15, -0.1) is 5.10 Å². The summed E-state index contributed by atoms with van der Waals surface area (Å²) in [5.74, 6) is 0.803. The van der Waals surface area contributed by atoms with Crippen LogP contribution in [0.25, 0.3) is 0 Å². The van der Waals surface area contributed by atoms with Crippen LogP contribution in [0.2, 0.25) is 0 Å². The smallest absolute Gasteiger partial charge is 0.293 e. The summed E-state index contributed by atoms with van der Waals surface area (Å²) in [6, 6.07) is 17.3. The van der Waals surface area contributed by atoms with Crippen LogP contribution in [0, 0.1) is 0 Å². The van der Waals surface area contributed by atoms with E-state index in [9.17, 15) is 9.90 Å². The molecule has 3 aromatic rings. The normalized spacial score (nSPS) is 15.1. The lowest BCUT2D eigenvalue weighted by Gasteiger charge is -2.35. The number of rotatable bonds is 6. The highest BCUT2D eigenvalue weighted by Gasteiger charge is 2.25. The summed E-state index contributed by atoms with van der Waals surface area (Å²) in [6.45, 7) is 2.94. The monoisotopic (exact) mass is 407 g/mol. The highest BCUT2D eigenvalue weighted by atomic mass is 16.5. The highest BCUT2D eigenvalue weighted by Crippen LogP contribution is 2.21. The average Bonchev–Trinajstić information content (AvgIpc) is 3.28. The van der Waals surface area contributed by atoms with E-state index in [4.69, 9.17) is 4.74 Å². The van der Waals surface area contributed by atoms with E-state index < -0.39 is 6.10 Å². The van der Waals surface area contributed by atoms with Crippen molar-refractivity contribution in [1.82, 2.24) is 19.7 Å². The lowest BCUT2D eigenvalue weighted by atomic mass is 10.1. The summed E-state index contributed by atoms with van der Waals surface area (Å²) >= 11 is 0. The number of anilines is 1. The fourth-order valence-corrected chi connectivity index (χ4v) is 3.54. The highest BCUT2D eigenvalue weighted by molar-refractivity contribution is 5.90. The number of hydrogen-bond donors (Lipinski definition) is 1. The number of nitrogens with zero attached hydrogens (tertiary/aromatic N) is 5. The Balaban J connectivity index is 1.33. The maximum atomic E-state index is 12.8. The SMILES string of the molecule is COc1ccc(N2CCN(C(=O)c3ncn(C[C@H](O)c4ccccc4)n3)CC2)cc1. The number of carbonyl (C=O) groups is 1. The molecule has 0 aliphatic carbocycles. The molecule has 1 saturated heterocycles. The molecule has 156 valence electrons. The van der Waals surface area contributed by atoms with Crippen LogP contribution in [-0.4, -0.2) is 64.0 Å². The Bertz CT molecular complexity index is 966. The minimum absolute atomic E-state index is 0.160. The summed E-state index contributed by atoms with van der Waals surface area (Å²) in [5, 5.41) is 14.6. The number of benzene rings is 2. The Morgan fingerprint density at radius 1 is 1.07 bits per heavy atom. The summed E-state index contributed by atoms with van der Waals surface area (Å²) in [7, 11) is 1.65. The van der Waals surface area contributed by atoms with E-state index in [0.717, 1.165) is 30.1 Å². The van der Waals surface area contributed by atoms with Crippen molar-refractivity contribution in [2.75, 3.05) is 38.2 Å². The lowest BCUT2D eigenvalue weighted by Crippen LogP contribution is -2.49. The standard InChI is InChI=1S/C22H25N5O3/c1-30-19-9-7-18(8-10-19)25-11-13-26(14-12-25)22(29)21-23-16-27(24-21)15-20(28)17-5-3-2-4-6-17/h2-10,16,20,28H,11-15H2,1H3/t20-/m0/s1. The van der Waals surface area contributed by atoms with E-state index >= 15 is 0 Å². The minimum atomic E-state index is -0.705. The number of aliphatic hydroxyl groups is 1. The maximum absolute atomic E-state index is 12.8. The van der Waals surface area contributed by atoms with Crippen LogP contribution in [0.1, 0.15) is 22.3 Å². The number of aliphatic hydroxyl groups excluding tert-OH is 1. The molecule has 0 bridgehead atoms. The molecule has 0 unspecified atom stereocenters. The zero-order valence-corrected chi connectivity index (χ0v) is 16.9. The van der Waals surface area contributed by atoms with Crippen LogP contribution in [0.3, 0.4) is 0 Å². The number of amides is 1. The zero-order valence-electron chi connectivity index (χ0n) is 16.9. The molecule has 1 fully saturated rings. The van der Waals surface area contributed by atoms with Crippen molar-refractivity contribution in [2.24, 2.45) is 0 Å². The van der Waals surface area contributed by atoms with E-state index in [1.807, 2.05) is 54.6 Å². The van der Waals surface area contributed by atoms with Crippen molar-refractivity contribution in [2.45, 2.75) is 12.6 Å². The topological polar surface area (TPSA) is 83.7 Å². The second kappa shape index (κ2) is 8.96. The molecule has 2 heterocycles. The first-order valence-corrected chi connectivity index (χ1v) is 9.95. The van der Waals surface area contributed by atoms with Crippen molar-refractivity contribution in [3.8, 4) is 5.75 Å². The van der Waals surface area contributed by atoms with Crippen LogP contribution in [-0.2, 0) is 6.54 Å². The first-order valence-electron chi connectivity index (χ1n) is 9.95. The molecule has 1 N–H and O–H groups in total. The lowest BCUT2D eigenvalue weighted by molar-refractivity contribution is 0.0733. The second-order valence-electron chi connectivity index (χ2n) is 7.19. The Morgan fingerprint density at radius 2 is 1.77 bits per heavy atom. The molecule has 8 heteroatoms. The molecule has 1 aliphatic rings. The Morgan fingerprint density at radius 3 is 2.43 bits per heavy atom. The van der Waals surface area contributed by atoms with Crippen molar-refractivity contribution < 1.29 is 14.6 Å². The first kappa shape index (κ1) is 19.9. The largest absolute Gasteiger partial charge is 0.497 e. The molecule has 1 aromatic heterocycles. The zero-order chi connectivity index (χ0) is 20.9. The van der Waals surface area contributed by atoms with Gasteiger partial charge in [0.25, 0.3) is 5.91 Å². The van der Waals surface area contributed by atoms with Crippen LogP contribution >= 0.6 is 0 Å². The molecule has 0 spiro atoms. The third-order valence-corrected chi connectivity index (χ3v) is 5.28. The summed E-state index contributed by atoms with van der Waals surface area (Å²) in [5.41, 5.74) is 1.91. The molecule has 8 nitrogen and oxygen atoms in total. The third-order valence-electron chi connectivity index (χ3n) is 5.28. The van der Waals surface area contributed by atoms with Gasteiger partial charge in [-0.3, -0.25) is 4.79 Å². The molecule has 0 radical (unpaired) electrons. The number of methoxy groups -OCH3 is 1. The van der Waals surface area contributed by atoms with Gasteiger partial charge in [0.15, 0.2) is 0 Å². The maximum Gasteiger partial charge on any atom is 0.293 e. The van der Waals surface area contributed by atoms with E-state index in [-0.39, 0.29) is 18.3 Å². The molecule has 1 amide bonds. The molecule has 4 rings (SSSR count). The molecule has 2 aromatic carbocycles. The number of carbonyl (C=O) groups excluding carboxylic acids is 1. The van der Waals surface area contributed by atoms with Gasteiger partial charge in [0.2, 0.25) is 5.82 Å². The fourth-order valence-electron chi connectivity index (χ4n) is 3.54. The number of aromatic nitrogens is 3. The van der Waals surface area contributed by atoms with Crippen LogP contribution in [0.4, 0.5) is 5.69 Å². The predicted octanol–water partition coefficient (Wildman–Crippen LogP) is 1.98. The van der Waals surface area contributed by atoms with Gasteiger partial charge in [0, 0.05) is 31.9 Å². The number of piperazine rings is 1. The van der Waals surface area contributed by atoms with Gasteiger partial charge in [0.1, 0.15) is 12.1 Å².